The number of hydrogen-bond donors (Lipinski definition) is 0. The van der Waals surface area contributed by atoms with E-state index in [1.807, 2.05) is 13.8 Å². The Labute approximate surface area is 121 Å². The normalized spacial score (nSPS) is 18.6. The number of hydrogen-bond acceptors (Lipinski definition) is 4. The Hall–Kier alpha value is -1.29. The van der Waals surface area contributed by atoms with Crippen LogP contribution in [0.1, 0.15) is 74.2 Å². The Balaban J connectivity index is 2.38. The molecule has 0 radical (unpaired) electrons. The van der Waals surface area contributed by atoms with Crippen LogP contribution in [0, 0.1) is 6.92 Å². The molecule has 0 aliphatic heterocycles. The van der Waals surface area contributed by atoms with E-state index >= 15 is 0 Å². The largest absolute Gasteiger partial charge is 0.367 e. The van der Waals surface area contributed by atoms with Crippen molar-refractivity contribution < 1.29 is 9.53 Å². The second-order valence-corrected chi connectivity index (χ2v) is 5.59. The summed E-state index contributed by atoms with van der Waals surface area (Å²) < 4.78 is 6.08. The average molecular weight is 276 g/mol. The minimum Gasteiger partial charge on any atom is -0.367 e. The lowest BCUT2D eigenvalue weighted by molar-refractivity contribution is -0.0625. The third-order valence-corrected chi connectivity index (χ3v) is 4.10. The molecule has 2 rings (SSSR count). The van der Waals surface area contributed by atoms with Gasteiger partial charge in [0.1, 0.15) is 5.60 Å². The van der Waals surface area contributed by atoms with Crippen LogP contribution in [0.3, 0.4) is 0 Å². The fourth-order valence-corrected chi connectivity index (χ4v) is 3.04. The minimum atomic E-state index is -0.356. The number of rotatable bonds is 4. The number of carbonyl (C=O) groups excluding carboxylic acids is 1. The minimum absolute atomic E-state index is 0.0142. The molecule has 4 heteroatoms. The van der Waals surface area contributed by atoms with Crippen LogP contribution < -0.4 is 0 Å². The van der Waals surface area contributed by atoms with E-state index in [0.29, 0.717) is 12.2 Å². The molecule has 1 aliphatic rings. The van der Waals surface area contributed by atoms with Crippen LogP contribution in [0.4, 0.5) is 0 Å². The van der Waals surface area contributed by atoms with Gasteiger partial charge in [0.15, 0.2) is 11.6 Å². The first-order chi connectivity index (χ1) is 9.59. The van der Waals surface area contributed by atoms with Crippen LogP contribution >= 0.6 is 0 Å². The summed E-state index contributed by atoms with van der Waals surface area (Å²) in [7, 11) is 0. The van der Waals surface area contributed by atoms with Gasteiger partial charge in [-0.2, -0.15) is 0 Å². The number of ether oxygens (including phenoxy) is 1. The Kier molecular flexibility index (Phi) is 4.86. The van der Waals surface area contributed by atoms with Crippen molar-refractivity contribution in [2.75, 3.05) is 6.61 Å². The first-order valence-electron chi connectivity index (χ1n) is 7.58. The standard InChI is InChI=1S/C16H24N2O2/c1-4-20-16(9-7-5-6-8-10-16)15-17-11-14(13(3)19)12(2)18-15/h11H,4-10H2,1-3H3. The van der Waals surface area contributed by atoms with E-state index in [1.165, 1.54) is 12.8 Å². The molecule has 0 unspecified atom stereocenters. The molecule has 0 N–H and O–H groups in total. The van der Waals surface area contributed by atoms with Gasteiger partial charge in [0.2, 0.25) is 0 Å². The summed E-state index contributed by atoms with van der Waals surface area (Å²) in [6.45, 7) is 6.11. The third kappa shape index (κ3) is 3.06. The summed E-state index contributed by atoms with van der Waals surface area (Å²) in [5.74, 6) is 0.768. The van der Waals surface area contributed by atoms with Crippen molar-refractivity contribution in [1.29, 1.82) is 0 Å². The molecule has 1 aromatic heterocycles. The maximum atomic E-state index is 11.5. The highest BCUT2D eigenvalue weighted by Crippen LogP contribution is 2.37. The molecule has 4 nitrogen and oxygen atoms in total. The Bertz CT molecular complexity index is 477. The summed E-state index contributed by atoms with van der Waals surface area (Å²) in [6.07, 6.45) is 8.40. The molecule has 1 aromatic rings. The highest BCUT2D eigenvalue weighted by atomic mass is 16.5. The summed E-state index contributed by atoms with van der Waals surface area (Å²) in [5.41, 5.74) is 1.01. The molecule has 110 valence electrons. The molecule has 1 saturated carbocycles. The molecule has 1 heterocycles. The van der Waals surface area contributed by atoms with Gasteiger partial charge in [-0.1, -0.05) is 25.7 Å². The van der Waals surface area contributed by atoms with Gasteiger partial charge >= 0.3 is 0 Å². The van der Waals surface area contributed by atoms with Crippen molar-refractivity contribution in [3.8, 4) is 0 Å². The lowest BCUT2D eigenvalue weighted by Crippen LogP contribution is -2.32. The molecule has 0 bridgehead atoms. The van der Waals surface area contributed by atoms with Crippen molar-refractivity contribution in [1.82, 2.24) is 9.97 Å². The summed E-state index contributed by atoms with van der Waals surface area (Å²) in [6, 6.07) is 0. The predicted molar refractivity (Wildman–Crippen MR) is 77.8 cm³/mol. The van der Waals surface area contributed by atoms with Crippen molar-refractivity contribution >= 4 is 5.78 Å². The van der Waals surface area contributed by atoms with Gasteiger partial charge in [-0.3, -0.25) is 4.79 Å². The molecular formula is C16H24N2O2. The van der Waals surface area contributed by atoms with E-state index in [2.05, 4.69) is 9.97 Å². The second kappa shape index (κ2) is 6.44. The first-order valence-corrected chi connectivity index (χ1v) is 7.58. The zero-order valence-electron chi connectivity index (χ0n) is 12.7. The van der Waals surface area contributed by atoms with Gasteiger partial charge in [0.25, 0.3) is 0 Å². The molecular weight excluding hydrogens is 252 g/mol. The van der Waals surface area contributed by atoms with Crippen LogP contribution in [-0.4, -0.2) is 22.4 Å². The van der Waals surface area contributed by atoms with Crippen molar-refractivity contribution in [3.63, 3.8) is 0 Å². The summed E-state index contributed by atoms with van der Waals surface area (Å²) in [5, 5.41) is 0. The zero-order valence-corrected chi connectivity index (χ0v) is 12.7. The smallest absolute Gasteiger partial charge is 0.163 e. The quantitative estimate of drug-likeness (QED) is 0.623. The maximum absolute atomic E-state index is 11.5. The highest BCUT2D eigenvalue weighted by molar-refractivity contribution is 5.94. The number of Topliss-reactive ketones (excluding diaryl/α,β-unsaturated/α-hetero) is 1. The van der Waals surface area contributed by atoms with Gasteiger partial charge in [-0.05, 0) is 33.6 Å². The van der Waals surface area contributed by atoms with Crippen molar-refractivity contribution in [3.05, 3.63) is 23.3 Å². The lowest BCUT2D eigenvalue weighted by Gasteiger charge is -2.31. The van der Waals surface area contributed by atoms with Crippen LogP contribution in [0.25, 0.3) is 0 Å². The summed E-state index contributed by atoms with van der Waals surface area (Å²) in [4.78, 5) is 20.6. The maximum Gasteiger partial charge on any atom is 0.163 e. The van der Waals surface area contributed by atoms with E-state index < -0.39 is 0 Å². The van der Waals surface area contributed by atoms with Gasteiger partial charge in [0, 0.05) is 12.8 Å². The van der Waals surface area contributed by atoms with Crippen molar-refractivity contribution in [2.24, 2.45) is 0 Å². The van der Waals surface area contributed by atoms with E-state index in [1.54, 1.807) is 13.1 Å². The number of aryl methyl sites for hydroxylation is 1. The van der Waals surface area contributed by atoms with Gasteiger partial charge < -0.3 is 4.74 Å². The highest BCUT2D eigenvalue weighted by Gasteiger charge is 2.36. The monoisotopic (exact) mass is 276 g/mol. The number of carbonyl (C=O) groups is 1. The number of ketones is 1. The lowest BCUT2D eigenvalue weighted by atomic mass is 9.92. The van der Waals surface area contributed by atoms with Crippen LogP contribution in [-0.2, 0) is 10.3 Å². The first kappa shape index (κ1) is 15.1. The molecule has 0 amide bonds. The van der Waals surface area contributed by atoms with E-state index in [4.69, 9.17) is 4.74 Å². The number of nitrogens with zero attached hydrogens (tertiary/aromatic N) is 2. The number of aromatic nitrogens is 2. The molecule has 1 aliphatic carbocycles. The fourth-order valence-electron chi connectivity index (χ4n) is 3.04. The average Bonchev–Trinajstić information content (AvgIpc) is 2.65. The van der Waals surface area contributed by atoms with Crippen LogP contribution in [0.2, 0.25) is 0 Å². The molecule has 20 heavy (non-hydrogen) atoms. The van der Waals surface area contributed by atoms with Crippen LogP contribution in [0.5, 0.6) is 0 Å². The Morgan fingerprint density at radius 2 is 1.95 bits per heavy atom. The van der Waals surface area contributed by atoms with Gasteiger partial charge in [-0.25, -0.2) is 9.97 Å². The van der Waals surface area contributed by atoms with E-state index in [9.17, 15) is 4.79 Å². The van der Waals surface area contributed by atoms with Crippen LogP contribution in [0.15, 0.2) is 6.20 Å². The van der Waals surface area contributed by atoms with Gasteiger partial charge in [0.05, 0.1) is 11.3 Å². The van der Waals surface area contributed by atoms with Crippen molar-refractivity contribution in [2.45, 2.75) is 64.9 Å². The molecule has 0 saturated heterocycles. The fraction of sp³-hybridized carbons (Fsp3) is 0.688. The summed E-state index contributed by atoms with van der Waals surface area (Å²) >= 11 is 0. The molecule has 0 spiro atoms. The third-order valence-electron chi connectivity index (χ3n) is 4.10. The Morgan fingerprint density at radius 1 is 1.30 bits per heavy atom. The van der Waals surface area contributed by atoms with Gasteiger partial charge in [-0.15, -0.1) is 0 Å². The topological polar surface area (TPSA) is 52.1 Å². The van der Waals surface area contributed by atoms with E-state index in [-0.39, 0.29) is 11.4 Å². The predicted octanol–water partition coefficient (Wildman–Crippen LogP) is 3.57. The Morgan fingerprint density at radius 3 is 2.45 bits per heavy atom. The zero-order chi connectivity index (χ0) is 14.6. The second-order valence-electron chi connectivity index (χ2n) is 5.59. The molecule has 0 atom stereocenters. The molecule has 1 fully saturated rings. The van der Waals surface area contributed by atoms with E-state index in [0.717, 1.165) is 37.2 Å². The SMILES string of the molecule is CCOC1(c2ncc(C(C)=O)c(C)n2)CCCCCC1. The molecule has 0 aromatic carbocycles.